The molecule has 1 amide bonds. The van der Waals surface area contributed by atoms with Gasteiger partial charge in [0.25, 0.3) is 5.91 Å². The van der Waals surface area contributed by atoms with Crippen LogP contribution in [0.2, 0.25) is 0 Å². The molecule has 1 N–H and O–H groups in total. The Kier molecular flexibility index (Phi) is 6.03. The van der Waals surface area contributed by atoms with Crippen molar-refractivity contribution in [1.82, 2.24) is 0 Å². The number of nitrogens with one attached hydrogen (secondary N) is 1. The van der Waals surface area contributed by atoms with Gasteiger partial charge in [0.1, 0.15) is 0 Å². The number of amides is 1. The van der Waals surface area contributed by atoms with Gasteiger partial charge in [0.15, 0.2) is 11.5 Å². The number of hydrogen-bond donors (Lipinski definition) is 1. The van der Waals surface area contributed by atoms with Crippen LogP contribution in [-0.2, 0) is 4.74 Å². The lowest BCUT2D eigenvalue weighted by atomic mass is 10.1. The monoisotopic (exact) mass is 372 g/mol. The summed E-state index contributed by atoms with van der Waals surface area (Å²) in [5.41, 5.74) is 2.14. The quantitative estimate of drug-likeness (QED) is 0.841. The van der Waals surface area contributed by atoms with Gasteiger partial charge >= 0.3 is 0 Å². The molecule has 7 heteroatoms. The Morgan fingerprint density at radius 3 is 2.22 bits per heavy atom. The van der Waals surface area contributed by atoms with Crippen LogP contribution in [0.3, 0.4) is 0 Å². The van der Waals surface area contributed by atoms with Crippen molar-refractivity contribution in [2.24, 2.45) is 0 Å². The lowest BCUT2D eigenvalue weighted by molar-refractivity contribution is 0.102. The fourth-order valence-corrected chi connectivity index (χ4v) is 3.07. The van der Waals surface area contributed by atoms with E-state index in [1.165, 1.54) is 21.3 Å². The van der Waals surface area contributed by atoms with E-state index < -0.39 is 0 Å². The molecule has 7 nitrogen and oxygen atoms in total. The van der Waals surface area contributed by atoms with Crippen molar-refractivity contribution in [3.8, 4) is 17.2 Å². The highest BCUT2D eigenvalue weighted by molar-refractivity contribution is 6.06. The standard InChI is InChI=1S/C20H24N2O5/c1-24-17-12-14(13-18(25-2)19(17)26-3)20(23)21-15-6-4-5-7-16(15)22-8-10-27-11-9-22/h4-7,12-13H,8-11H2,1-3H3,(H,21,23). The van der Waals surface area contributed by atoms with Gasteiger partial charge in [0.05, 0.1) is 45.9 Å². The normalized spacial score (nSPS) is 13.8. The fraction of sp³-hybridized carbons (Fsp3) is 0.350. The molecule has 1 aliphatic rings. The minimum Gasteiger partial charge on any atom is -0.493 e. The first-order chi connectivity index (χ1) is 13.2. The molecule has 1 heterocycles. The number of para-hydroxylation sites is 2. The van der Waals surface area contributed by atoms with Crippen LogP contribution >= 0.6 is 0 Å². The first-order valence-corrected chi connectivity index (χ1v) is 8.71. The summed E-state index contributed by atoms with van der Waals surface area (Å²) >= 11 is 0. The Bertz CT molecular complexity index is 778. The number of methoxy groups -OCH3 is 3. The molecule has 0 atom stereocenters. The highest BCUT2D eigenvalue weighted by Crippen LogP contribution is 2.38. The summed E-state index contributed by atoms with van der Waals surface area (Å²) in [5, 5.41) is 2.99. The van der Waals surface area contributed by atoms with Gasteiger partial charge in [0, 0.05) is 18.7 Å². The number of benzene rings is 2. The maximum Gasteiger partial charge on any atom is 0.255 e. The highest BCUT2D eigenvalue weighted by atomic mass is 16.5. The Morgan fingerprint density at radius 2 is 1.63 bits per heavy atom. The molecule has 1 fully saturated rings. The number of nitrogens with zero attached hydrogens (tertiary/aromatic N) is 1. The number of morpholine rings is 1. The molecule has 0 bridgehead atoms. The van der Waals surface area contributed by atoms with E-state index in [0.29, 0.717) is 36.0 Å². The van der Waals surface area contributed by atoms with Gasteiger partial charge < -0.3 is 29.2 Å². The third-order valence-electron chi connectivity index (χ3n) is 4.43. The molecule has 0 saturated carbocycles. The SMILES string of the molecule is COc1cc(C(=O)Nc2ccccc2N2CCOCC2)cc(OC)c1OC. The number of carbonyl (C=O) groups is 1. The zero-order valence-electron chi connectivity index (χ0n) is 15.8. The molecule has 3 rings (SSSR count). The summed E-state index contributed by atoms with van der Waals surface area (Å²) in [6.07, 6.45) is 0. The zero-order valence-corrected chi connectivity index (χ0v) is 15.8. The molecule has 0 aromatic heterocycles. The molecule has 2 aromatic rings. The van der Waals surface area contributed by atoms with Crippen LogP contribution in [-0.4, -0.2) is 53.5 Å². The number of hydrogen-bond acceptors (Lipinski definition) is 6. The Labute approximate surface area is 158 Å². The molecule has 0 unspecified atom stereocenters. The van der Waals surface area contributed by atoms with Gasteiger partial charge in [-0.2, -0.15) is 0 Å². The molecular formula is C20H24N2O5. The van der Waals surface area contributed by atoms with Crippen LogP contribution < -0.4 is 24.4 Å². The maximum atomic E-state index is 12.9. The van der Waals surface area contributed by atoms with Crippen molar-refractivity contribution >= 4 is 17.3 Å². The number of carbonyl (C=O) groups excluding carboxylic acids is 1. The first-order valence-electron chi connectivity index (χ1n) is 8.71. The summed E-state index contributed by atoms with van der Waals surface area (Å²) in [4.78, 5) is 15.1. The van der Waals surface area contributed by atoms with Crippen LogP contribution in [0.25, 0.3) is 0 Å². The van der Waals surface area contributed by atoms with E-state index >= 15 is 0 Å². The van der Waals surface area contributed by atoms with E-state index in [9.17, 15) is 4.79 Å². The molecule has 1 saturated heterocycles. The number of ether oxygens (including phenoxy) is 4. The molecule has 144 valence electrons. The van der Waals surface area contributed by atoms with Crippen molar-refractivity contribution in [3.05, 3.63) is 42.0 Å². The van der Waals surface area contributed by atoms with Gasteiger partial charge in [-0.15, -0.1) is 0 Å². The van der Waals surface area contributed by atoms with E-state index in [-0.39, 0.29) is 5.91 Å². The van der Waals surface area contributed by atoms with E-state index in [0.717, 1.165) is 24.5 Å². The molecule has 1 aliphatic heterocycles. The second-order valence-electron chi connectivity index (χ2n) is 5.98. The Morgan fingerprint density at radius 1 is 1.00 bits per heavy atom. The van der Waals surface area contributed by atoms with E-state index in [1.807, 2.05) is 24.3 Å². The zero-order chi connectivity index (χ0) is 19.2. The summed E-state index contributed by atoms with van der Waals surface area (Å²) in [6.45, 7) is 2.93. The molecule has 0 aliphatic carbocycles. The minimum absolute atomic E-state index is 0.255. The number of anilines is 2. The van der Waals surface area contributed by atoms with E-state index in [1.54, 1.807) is 12.1 Å². The predicted molar refractivity (Wildman–Crippen MR) is 104 cm³/mol. The van der Waals surface area contributed by atoms with Gasteiger partial charge in [-0.1, -0.05) is 12.1 Å². The van der Waals surface area contributed by atoms with Crippen LogP contribution in [0.1, 0.15) is 10.4 Å². The first kappa shape index (κ1) is 18.8. The largest absolute Gasteiger partial charge is 0.493 e. The van der Waals surface area contributed by atoms with Crippen LogP contribution in [0.4, 0.5) is 11.4 Å². The van der Waals surface area contributed by atoms with Gasteiger partial charge in [-0.25, -0.2) is 0 Å². The second-order valence-corrected chi connectivity index (χ2v) is 5.98. The third kappa shape index (κ3) is 4.09. The summed E-state index contributed by atoms with van der Waals surface area (Å²) in [6, 6.07) is 11.0. The molecule has 27 heavy (non-hydrogen) atoms. The van der Waals surface area contributed by atoms with E-state index in [2.05, 4.69) is 10.2 Å². The van der Waals surface area contributed by atoms with Gasteiger partial charge in [-0.05, 0) is 24.3 Å². The average molecular weight is 372 g/mol. The van der Waals surface area contributed by atoms with Crippen molar-refractivity contribution in [1.29, 1.82) is 0 Å². The smallest absolute Gasteiger partial charge is 0.255 e. The van der Waals surface area contributed by atoms with Crippen molar-refractivity contribution < 1.29 is 23.7 Å². The van der Waals surface area contributed by atoms with Crippen molar-refractivity contribution in [2.75, 3.05) is 57.8 Å². The summed E-state index contributed by atoms with van der Waals surface area (Å²) < 4.78 is 21.4. The molecule has 2 aromatic carbocycles. The molecular weight excluding hydrogens is 348 g/mol. The average Bonchev–Trinajstić information content (AvgIpc) is 2.73. The Balaban J connectivity index is 1.88. The minimum atomic E-state index is -0.255. The van der Waals surface area contributed by atoms with Crippen LogP contribution in [0.15, 0.2) is 36.4 Å². The third-order valence-corrected chi connectivity index (χ3v) is 4.43. The molecule has 0 spiro atoms. The lowest BCUT2D eigenvalue weighted by Crippen LogP contribution is -2.36. The van der Waals surface area contributed by atoms with Gasteiger partial charge in [-0.3, -0.25) is 4.79 Å². The van der Waals surface area contributed by atoms with Crippen LogP contribution in [0, 0.1) is 0 Å². The topological polar surface area (TPSA) is 69.3 Å². The lowest BCUT2D eigenvalue weighted by Gasteiger charge is -2.30. The van der Waals surface area contributed by atoms with Crippen molar-refractivity contribution in [3.63, 3.8) is 0 Å². The summed E-state index contributed by atoms with van der Waals surface area (Å²) in [5.74, 6) is 1.06. The van der Waals surface area contributed by atoms with Crippen LogP contribution in [0.5, 0.6) is 17.2 Å². The maximum absolute atomic E-state index is 12.9. The van der Waals surface area contributed by atoms with Gasteiger partial charge in [0.2, 0.25) is 5.75 Å². The number of rotatable bonds is 6. The predicted octanol–water partition coefficient (Wildman–Crippen LogP) is 2.80. The second kappa shape index (κ2) is 8.64. The fourth-order valence-electron chi connectivity index (χ4n) is 3.07. The van der Waals surface area contributed by atoms with E-state index in [4.69, 9.17) is 18.9 Å². The Hall–Kier alpha value is -2.93. The van der Waals surface area contributed by atoms with Crippen molar-refractivity contribution in [2.45, 2.75) is 0 Å². The molecule has 0 radical (unpaired) electrons. The summed E-state index contributed by atoms with van der Waals surface area (Å²) in [7, 11) is 4.57. The highest BCUT2D eigenvalue weighted by Gasteiger charge is 2.19.